The molecular weight excluding hydrogens is 457 g/mol. The van der Waals surface area contributed by atoms with Crippen LogP contribution in [0.5, 0.6) is 5.75 Å². The molecule has 2 aromatic heterocycles. The summed E-state index contributed by atoms with van der Waals surface area (Å²) in [6.45, 7) is 1.57. The predicted octanol–water partition coefficient (Wildman–Crippen LogP) is 1.67. The van der Waals surface area contributed by atoms with E-state index >= 15 is 0 Å². The first-order valence-electron chi connectivity index (χ1n) is 9.75. The summed E-state index contributed by atoms with van der Waals surface area (Å²) in [5.74, 6) is 0.130. The summed E-state index contributed by atoms with van der Waals surface area (Å²) in [7, 11) is 0. The third-order valence-corrected chi connectivity index (χ3v) is 6.42. The van der Waals surface area contributed by atoms with Gasteiger partial charge in [0, 0.05) is 29.2 Å². The molecule has 0 bridgehead atoms. The highest BCUT2D eigenvalue weighted by Gasteiger charge is 2.45. The maximum atomic E-state index is 14.5. The minimum Gasteiger partial charge on any atom is -0.487 e. The van der Waals surface area contributed by atoms with Crippen molar-refractivity contribution in [2.45, 2.75) is 43.7 Å². The van der Waals surface area contributed by atoms with Crippen molar-refractivity contribution in [3.05, 3.63) is 46.1 Å². The standard InChI is InChI=1S/C20H21BrFN5O3/c21-10-3-9-1-2-24-6-11(9)14(4-10)30-15-5-13(17(28)18(15)29)27-7-12(22)16-19(23)25-8-26-20(16)27/h3-4,7-8,13,15,17-18,24,28-29H,1-2,5-6H2,(H2,23,25,26)/t13-,15?,17+,18-/m1/s1. The number of aromatic nitrogens is 3. The molecule has 0 amide bonds. The first-order chi connectivity index (χ1) is 14.4. The molecule has 1 aliphatic heterocycles. The molecule has 5 rings (SSSR count). The molecule has 1 fully saturated rings. The van der Waals surface area contributed by atoms with Gasteiger partial charge in [0.05, 0.1) is 11.4 Å². The van der Waals surface area contributed by atoms with Gasteiger partial charge in [-0.25, -0.2) is 14.4 Å². The number of ether oxygens (including phenoxy) is 1. The number of nitrogens with zero attached hydrogens (tertiary/aromatic N) is 3. The second kappa shape index (κ2) is 7.45. The van der Waals surface area contributed by atoms with Gasteiger partial charge >= 0.3 is 0 Å². The van der Waals surface area contributed by atoms with Gasteiger partial charge in [-0.15, -0.1) is 0 Å². The van der Waals surface area contributed by atoms with Crippen LogP contribution in [0.3, 0.4) is 0 Å². The quantitative estimate of drug-likeness (QED) is 0.453. The second-order valence-electron chi connectivity index (χ2n) is 7.75. The molecule has 1 unspecified atom stereocenters. The zero-order chi connectivity index (χ0) is 21.0. The van der Waals surface area contributed by atoms with Gasteiger partial charge in [0.2, 0.25) is 0 Å². The molecule has 1 aromatic carbocycles. The monoisotopic (exact) mass is 477 g/mol. The summed E-state index contributed by atoms with van der Waals surface area (Å²) in [6, 6.07) is 3.33. The summed E-state index contributed by atoms with van der Waals surface area (Å²) in [5.41, 5.74) is 8.30. The van der Waals surface area contributed by atoms with Crippen molar-refractivity contribution in [3.63, 3.8) is 0 Å². The average Bonchev–Trinajstić information content (AvgIpc) is 3.20. The molecule has 1 saturated carbocycles. The van der Waals surface area contributed by atoms with Crippen molar-refractivity contribution < 1.29 is 19.3 Å². The topological polar surface area (TPSA) is 118 Å². The van der Waals surface area contributed by atoms with Gasteiger partial charge in [-0.05, 0) is 30.7 Å². The fourth-order valence-electron chi connectivity index (χ4n) is 4.47. The molecule has 0 radical (unpaired) electrons. The number of halogens is 2. The van der Waals surface area contributed by atoms with Crippen molar-refractivity contribution in [3.8, 4) is 5.75 Å². The number of aliphatic hydroxyl groups is 2. The summed E-state index contributed by atoms with van der Waals surface area (Å²) in [6.07, 6.45) is 0.709. The van der Waals surface area contributed by atoms with Crippen LogP contribution in [-0.4, -0.2) is 49.6 Å². The smallest absolute Gasteiger partial charge is 0.154 e. The third-order valence-electron chi connectivity index (χ3n) is 5.97. The van der Waals surface area contributed by atoms with Gasteiger partial charge in [-0.3, -0.25) is 0 Å². The lowest BCUT2D eigenvalue weighted by atomic mass is 10.00. The number of anilines is 1. The van der Waals surface area contributed by atoms with Crippen LogP contribution in [0.1, 0.15) is 23.6 Å². The number of fused-ring (bicyclic) bond motifs is 2. The fraction of sp³-hybridized carbons (Fsp3) is 0.400. The zero-order valence-electron chi connectivity index (χ0n) is 15.9. The molecule has 4 atom stereocenters. The second-order valence-corrected chi connectivity index (χ2v) is 8.67. The molecule has 0 saturated heterocycles. The Bertz CT molecular complexity index is 1120. The van der Waals surface area contributed by atoms with Crippen molar-refractivity contribution in [2.75, 3.05) is 12.3 Å². The van der Waals surface area contributed by atoms with Crippen molar-refractivity contribution in [1.29, 1.82) is 0 Å². The highest BCUT2D eigenvalue weighted by molar-refractivity contribution is 9.10. The molecule has 30 heavy (non-hydrogen) atoms. The first-order valence-corrected chi connectivity index (χ1v) is 10.5. The summed E-state index contributed by atoms with van der Waals surface area (Å²) in [5, 5.41) is 24.8. The summed E-state index contributed by atoms with van der Waals surface area (Å²) >= 11 is 3.52. The van der Waals surface area contributed by atoms with E-state index in [2.05, 4.69) is 37.3 Å². The van der Waals surface area contributed by atoms with E-state index in [1.54, 1.807) is 0 Å². The molecule has 158 valence electrons. The van der Waals surface area contributed by atoms with Crippen LogP contribution in [0.4, 0.5) is 10.2 Å². The molecule has 1 aliphatic carbocycles. The molecule has 2 aliphatic rings. The zero-order valence-corrected chi connectivity index (χ0v) is 17.5. The van der Waals surface area contributed by atoms with Crippen LogP contribution in [0.2, 0.25) is 0 Å². The van der Waals surface area contributed by atoms with Gasteiger partial charge in [-0.1, -0.05) is 15.9 Å². The Balaban J connectivity index is 1.47. The molecule has 5 N–H and O–H groups in total. The van der Waals surface area contributed by atoms with E-state index in [0.29, 0.717) is 12.3 Å². The number of rotatable bonds is 3. The lowest BCUT2D eigenvalue weighted by molar-refractivity contribution is -0.0167. The Morgan fingerprint density at radius 2 is 2.10 bits per heavy atom. The number of nitrogens with two attached hydrogens (primary N) is 1. The summed E-state index contributed by atoms with van der Waals surface area (Å²) in [4.78, 5) is 7.96. The van der Waals surface area contributed by atoms with Gasteiger partial charge in [0.15, 0.2) is 5.82 Å². The van der Waals surface area contributed by atoms with Gasteiger partial charge in [0.25, 0.3) is 0 Å². The summed E-state index contributed by atoms with van der Waals surface area (Å²) < 4.78 is 23.0. The van der Waals surface area contributed by atoms with E-state index in [9.17, 15) is 14.6 Å². The number of aliphatic hydroxyl groups excluding tert-OH is 2. The molecule has 0 spiro atoms. The minimum absolute atomic E-state index is 0.0327. The minimum atomic E-state index is -1.15. The maximum Gasteiger partial charge on any atom is 0.154 e. The van der Waals surface area contributed by atoms with E-state index in [0.717, 1.165) is 23.0 Å². The van der Waals surface area contributed by atoms with Crippen molar-refractivity contribution in [2.24, 2.45) is 0 Å². The van der Waals surface area contributed by atoms with Gasteiger partial charge in [0.1, 0.15) is 41.9 Å². The Labute approximate surface area is 180 Å². The number of nitrogen functional groups attached to an aromatic ring is 1. The molecular formula is C20H21BrFN5O3. The Kier molecular flexibility index (Phi) is 4.89. The maximum absolute atomic E-state index is 14.5. The number of nitrogens with one attached hydrogen (secondary N) is 1. The normalized spacial score (nSPS) is 26.1. The lowest BCUT2D eigenvalue weighted by Crippen LogP contribution is -2.34. The molecule has 10 heteroatoms. The van der Waals surface area contributed by atoms with Crippen LogP contribution in [0, 0.1) is 5.82 Å². The molecule has 8 nitrogen and oxygen atoms in total. The van der Waals surface area contributed by atoms with E-state index < -0.39 is 30.2 Å². The highest BCUT2D eigenvalue weighted by Crippen LogP contribution is 2.39. The SMILES string of the molecule is Nc1ncnc2c1c(F)cn2[C@@H]1CC(Oc2cc(Br)cc3c2CNCC3)[C@@H](O)[C@H]1O. The largest absolute Gasteiger partial charge is 0.487 e. The Morgan fingerprint density at radius 1 is 1.27 bits per heavy atom. The van der Waals surface area contributed by atoms with E-state index in [1.165, 1.54) is 22.7 Å². The fourth-order valence-corrected chi connectivity index (χ4v) is 4.95. The Hall–Kier alpha value is -2.27. The molecule has 3 heterocycles. The van der Waals surface area contributed by atoms with E-state index in [1.807, 2.05) is 6.07 Å². The van der Waals surface area contributed by atoms with Crippen LogP contribution in [-0.2, 0) is 13.0 Å². The van der Waals surface area contributed by atoms with E-state index in [-0.39, 0.29) is 23.3 Å². The van der Waals surface area contributed by atoms with Crippen LogP contribution in [0.15, 0.2) is 29.1 Å². The first kappa shape index (κ1) is 19.7. The van der Waals surface area contributed by atoms with Gasteiger partial charge < -0.3 is 30.6 Å². The lowest BCUT2D eigenvalue weighted by Gasteiger charge is -2.24. The van der Waals surface area contributed by atoms with Gasteiger partial charge in [-0.2, -0.15) is 0 Å². The van der Waals surface area contributed by atoms with E-state index in [4.69, 9.17) is 10.5 Å². The average molecular weight is 478 g/mol. The third kappa shape index (κ3) is 3.15. The van der Waals surface area contributed by atoms with Crippen LogP contribution in [0.25, 0.3) is 11.0 Å². The van der Waals surface area contributed by atoms with Crippen molar-refractivity contribution in [1.82, 2.24) is 19.9 Å². The number of hydrogen-bond acceptors (Lipinski definition) is 7. The van der Waals surface area contributed by atoms with Crippen LogP contribution < -0.4 is 15.8 Å². The Morgan fingerprint density at radius 3 is 2.93 bits per heavy atom. The predicted molar refractivity (Wildman–Crippen MR) is 112 cm³/mol. The number of benzene rings is 1. The highest BCUT2D eigenvalue weighted by atomic mass is 79.9. The molecule has 3 aromatic rings. The number of hydrogen-bond donors (Lipinski definition) is 4. The van der Waals surface area contributed by atoms with Crippen LogP contribution >= 0.6 is 15.9 Å². The van der Waals surface area contributed by atoms with Crippen molar-refractivity contribution >= 4 is 32.8 Å².